The van der Waals surface area contributed by atoms with E-state index in [2.05, 4.69) is 20.1 Å². The number of hydrogen-bond acceptors (Lipinski definition) is 5. The van der Waals surface area contributed by atoms with Crippen molar-refractivity contribution >= 4 is 17.7 Å². The number of rotatable bonds is 16. The molecule has 1 spiro atoms. The largest absolute Gasteiger partial charge is 0.394 e. The van der Waals surface area contributed by atoms with Gasteiger partial charge in [0, 0.05) is 26.2 Å². The molecule has 0 aliphatic carbocycles. The second kappa shape index (κ2) is 14.6. The van der Waals surface area contributed by atoms with E-state index in [0.29, 0.717) is 45.4 Å². The number of likely N-dealkylation sites (tertiary alicyclic amines) is 1. The third-order valence-electron chi connectivity index (χ3n) is 9.75. The number of aliphatic hydroxyl groups is 1. The fourth-order valence-corrected chi connectivity index (χ4v) is 7.76. The summed E-state index contributed by atoms with van der Waals surface area (Å²) in [6.45, 7) is 11.2. The van der Waals surface area contributed by atoms with Crippen LogP contribution >= 0.6 is 0 Å². The summed E-state index contributed by atoms with van der Waals surface area (Å²) in [5.74, 6) is -2.18. The Morgan fingerprint density at radius 1 is 1.00 bits per heavy atom. The minimum atomic E-state index is -1.14. The number of aliphatic hydroxyl groups excluding tert-OH is 1. The Morgan fingerprint density at radius 2 is 1.64 bits per heavy atom. The standard InChI is InChI=1S/C37H47N3O5/c1-4-7-14-23-38(21-5-2)36(44)33-37-20-19-30(45-37)31(34(42)39(22-6-3)25-28-17-12-9-13-18-28)32(37)35(43)40(33)29(26-41)24-27-15-10-8-11-16-27/h5-6,8-13,15-18,29-33,41H,2-4,7,14,19-26H2,1H3/t29-,30-,31+,32+,33?,37?/m1/s1. The lowest BCUT2D eigenvalue weighted by atomic mass is 9.70. The first kappa shape index (κ1) is 32.6. The van der Waals surface area contributed by atoms with Gasteiger partial charge in [-0.25, -0.2) is 0 Å². The molecule has 8 nitrogen and oxygen atoms in total. The summed E-state index contributed by atoms with van der Waals surface area (Å²) in [6.07, 6.45) is 7.25. The van der Waals surface area contributed by atoms with E-state index in [1.54, 1.807) is 26.9 Å². The van der Waals surface area contributed by atoms with Gasteiger partial charge in [0.05, 0.1) is 30.6 Å². The molecule has 2 unspecified atom stereocenters. The average Bonchev–Trinajstić information content (AvgIpc) is 3.71. The van der Waals surface area contributed by atoms with Crippen molar-refractivity contribution in [1.29, 1.82) is 0 Å². The van der Waals surface area contributed by atoms with E-state index in [9.17, 15) is 19.5 Å². The Balaban J connectivity index is 1.53. The zero-order valence-electron chi connectivity index (χ0n) is 26.4. The van der Waals surface area contributed by atoms with Crippen LogP contribution in [-0.4, -0.2) is 87.6 Å². The molecule has 240 valence electrons. The van der Waals surface area contributed by atoms with Crippen LogP contribution in [0.4, 0.5) is 0 Å². The van der Waals surface area contributed by atoms with E-state index < -0.39 is 35.6 Å². The van der Waals surface area contributed by atoms with Gasteiger partial charge in [0.2, 0.25) is 17.7 Å². The molecule has 0 saturated carbocycles. The molecule has 8 heteroatoms. The number of hydrogen-bond donors (Lipinski definition) is 1. The summed E-state index contributed by atoms with van der Waals surface area (Å²) in [6, 6.07) is 17.8. The molecular formula is C37H47N3O5. The van der Waals surface area contributed by atoms with Gasteiger partial charge in [0.25, 0.3) is 0 Å². The Morgan fingerprint density at radius 3 is 2.27 bits per heavy atom. The van der Waals surface area contributed by atoms with Crippen LogP contribution in [0.15, 0.2) is 86.0 Å². The average molecular weight is 614 g/mol. The molecule has 3 saturated heterocycles. The minimum Gasteiger partial charge on any atom is -0.394 e. The molecule has 1 N–H and O–H groups in total. The summed E-state index contributed by atoms with van der Waals surface area (Å²) in [5.41, 5.74) is 0.795. The highest BCUT2D eigenvalue weighted by Crippen LogP contribution is 2.59. The highest BCUT2D eigenvalue weighted by Gasteiger charge is 2.75. The van der Waals surface area contributed by atoms with Crippen LogP contribution in [0.1, 0.15) is 50.2 Å². The van der Waals surface area contributed by atoms with Gasteiger partial charge >= 0.3 is 0 Å². The number of nitrogens with zero attached hydrogens (tertiary/aromatic N) is 3. The van der Waals surface area contributed by atoms with Crippen molar-refractivity contribution in [1.82, 2.24) is 14.7 Å². The van der Waals surface area contributed by atoms with Gasteiger partial charge in [0.15, 0.2) is 0 Å². The first-order valence-electron chi connectivity index (χ1n) is 16.4. The molecule has 2 aromatic rings. The van der Waals surface area contributed by atoms with Gasteiger partial charge in [-0.05, 0) is 36.8 Å². The van der Waals surface area contributed by atoms with Gasteiger partial charge < -0.3 is 24.5 Å². The first-order chi connectivity index (χ1) is 21.9. The predicted octanol–water partition coefficient (Wildman–Crippen LogP) is 4.38. The van der Waals surface area contributed by atoms with Crippen molar-refractivity contribution in [3.05, 3.63) is 97.1 Å². The number of fused-ring (bicyclic) bond motifs is 1. The zero-order valence-corrected chi connectivity index (χ0v) is 26.4. The van der Waals surface area contributed by atoms with Crippen molar-refractivity contribution in [2.24, 2.45) is 11.8 Å². The lowest BCUT2D eigenvalue weighted by Gasteiger charge is -2.39. The van der Waals surface area contributed by atoms with E-state index in [4.69, 9.17) is 4.74 Å². The molecule has 0 radical (unpaired) electrons. The highest BCUT2D eigenvalue weighted by atomic mass is 16.5. The molecule has 3 fully saturated rings. The summed E-state index contributed by atoms with van der Waals surface area (Å²) in [4.78, 5) is 48.9. The third kappa shape index (κ3) is 6.36. The van der Waals surface area contributed by atoms with E-state index in [-0.39, 0.29) is 24.3 Å². The monoisotopic (exact) mass is 613 g/mol. The quantitative estimate of drug-likeness (QED) is 0.224. The Kier molecular flexibility index (Phi) is 10.6. The number of benzene rings is 2. The minimum absolute atomic E-state index is 0.161. The summed E-state index contributed by atoms with van der Waals surface area (Å²) < 4.78 is 6.74. The van der Waals surface area contributed by atoms with Gasteiger partial charge in [-0.1, -0.05) is 92.6 Å². The van der Waals surface area contributed by atoms with Crippen molar-refractivity contribution in [3.8, 4) is 0 Å². The first-order valence-corrected chi connectivity index (χ1v) is 16.4. The van der Waals surface area contributed by atoms with E-state index in [0.717, 1.165) is 30.4 Å². The molecule has 5 rings (SSSR count). The van der Waals surface area contributed by atoms with E-state index in [1.165, 1.54) is 0 Å². The zero-order chi connectivity index (χ0) is 32.0. The molecule has 2 bridgehead atoms. The van der Waals surface area contributed by atoms with Crippen molar-refractivity contribution in [2.75, 3.05) is 26.2 Å². The van der Waals surface area contributed by atoms with Crippen LogP contribution in [0.3, 0.4) is 0 Å². The lowest BCUT2D eigenvalue weighted by Crippen LogP contribution is -2.59. The molecule has 3 aliphatic rings. The van der Waals surface area contributed by atoms with Crippen LogP contribution in [0.5, 0.6) is 0 Å². The second-order valence-corrected chi connectivity index (χ2v) is 12.6. The molecule has 6 atom stereocenters. The Labute approximate surface area is 267 Å². The maximum absolute atomic E-state index is 14.7. The third-order valence-corrected chi connectivity index (χ3v) is 9.75. The Bertz CT molecular complexity index is 1350. The summed E-state index contributed by atoms with van der Waals surface area (Å²) in [7, 11) is 0. The SMILES string of the molecule is C=CCN(CCCCC)C(=O)C1N([C@@H](CO)Cc2ccccc2)C(=O)[C@@H]2[C@@H](C(=O)N(CC=C)Cc3ccccc3)[C@H]3CCC12O3. The number of ether oxygens (including phenoxy) is 1. The van der Waals surface area contributed by atoms with Crippen LogP contribution in [0.25, 0.3) is 0 Å². The number of unbranched alkanes of at least 4 members (excludes halogenated alkanes) is 2. The fraction of sp³-hybridized carbons (Fsp3) is 0.486. The second-order valence-electron chi connectivity index (χ2n) is 12.6. The van der Waals surface area contributed by atoms with Gasteiger partial charge in [-0.15, -0.1) is 13.2 Å². The van der Waals surface area contributed by atoms with E-state index in [1.807, 2.05) is 60.7 Å². The number of carbonyl (C=O) groups is 3. The molecule has 2 aromatic carbocycles. The number of amides is 3. The van der Waals surface area contributed by atoms with Crippen LogP contribution < -0.4 is 0 Å². The summed E-state index contributed by atoms with van der Waals surface area (Å²) >= 11 is 0. The van der Waals surface area contributed by atoms with Gasteiger partial charge in [-0.2, -0.15) is 0 Å². The molecule has 45 heavy (non-hydrogen) atoms. The maximum atomic E-state index is 14.7. The topological polar surface area (TPSA) is 90.4 Å². The molecule has 3 aliphatic heterocycles. The van der Waals surface area contributed by atoms with Crippen LogP contribution in [0, 0.1) is 11.8 Å². The van der Waals surface area contributed by atoms with Crippen LogP contribution in [-0.2, 0) is 32.1 Å². The molecule has 0 aromatic heterocycles. The van der Waals surface area contributed by atoms with Gasteiger partial charge in [0.1, 0.15) is 11.6 Å². The smallest absolute Gasteiger partial charge is 0.248 e. The van der Waals surface area contributed by atoms with Crippen molar-refractivity contribution in [3.63, 3.8) is 0 Å². The maximum Gasteiger partial charge on any atom is 0.248 e. The number of carbonyl (C=O) groups excluding carboxylic acids is 3. The van der Waals surface area contributed by atoms with Crippen LogP contribution in [0.2, 0.25) is 0 Å². The molecular weight excluding hydrogens is 566 g/mol. The van der Waals surface area contributed by atoms with Gasteiger partial charge in [-0.3, -0.25) is 14.4 Å². The highest BCUT2D eigenvalue weighted by molar-refractivity contribution is 5.99. The van der Waals surface area contributed by atoms with Crippen molar-refractivity contribution in [2.45, 2.75) is 75.8 Å². The van der Waals surface area contributed by atoms with Crippen molar-refractivity contribution < 1.29 is 24.2 Å². The van der Waals surface area contributed by atoms with E-state index >= 15 is 0 Å². The predicted molar refractivity (Wildman–Crippen MR) is 174 cm³/mol. The normalized spacial score (nSPS) is 25.6. The lowest BCUT2D eigenvalue weighted by molar-refractivity contribution is -0.152. The summed E-state index contributed by atoms with van der Waals surface area (Å²) in [5, 5.41) is 10.7. The Hall–Kier alpha value is -3.75. The molecule has 3 heterocycles. The molecule has 3 amide bonds. The fourth-order valence-electron chi connectivity index (χ4n) is 7.76.